The van der Waals surface area contributed by atoms with E-state index < -0.39 is 23.7 Å². The first-order chi connectivity index (χ1) is 16.0. The minimum Gasteiger partial charge on any atom is -0.480 e. The van der Waals surface area contributed by atoms with Gasteiger partial charge in [0.2, 0.25) is 5.91 Å². The monoisotopic (exact) mass is 493 g/mol. The van der Waals surface area contributed by atoms with Gasteiger partial charge in [0.05, 0.1) is 6.54 Å². The summed E-state index contributed by atoms with van der Waals surface area (Å²) in [5.41, 5.74) is 0.218. The zero-order valence-electron chi connectivity index (χ0n) is 20.2. The number of rotatable bonds is 7. The molecule has 0 unspecified atom stereocenters. The number of halogens is 1. The summed E-state index contributed by atoms with van der Waals surface area (Å²) in [7, 11) is 0. The number of benzene rings is 1. The number of alkyl carbamates (subject to hydrolysis) is 1. The Kier molecular flexibility index (Phi) is 8.47. The van der Waals surface area contributed by atoms with Gasteiger partial charge in [0.25, 0.3) is 0 Å². The van der Waals surface area contributed by atoms with Crippen molar-refractivity contribution in [2.45, 2.75) is 82.4 Å². The minimum atomic E-state index is -0.938. The van der Waals surface area contributed by atoms with Gasteiger partial charge in [-0.15, -0.1) is 0 Å². The van der Waals surface area contributed by atoms with Crippen molar-refractivity contribution in [3.8, 4) is 0 Å². The Bertz CT molecular complexity index is 893. The Hall–Kier alpha value is -2.32. The molecule has 1 heterocycles. The topological polar surface area (TPSA) is 108 Å². The van der Waals surface area contributed by atoms with E-state index >= 15 is 0 Å². The van der Waals surface area contributed by atoms with Crippen molar-refractivity contribution in [3.05, 3.63) is 34.9 Å². The van der Waals surface area contributed by atoms with E-state index in [9.17, 15) is 19.5 Å². The highest BCUT2D eigenvalue weighted by molar-refractivity contribution is 6.30. The number of ether oxygens (including phenoxy) is 1. The Morgan fingerprint density at radius 3 is 2.53 bits per heavy atom. The van der Waals surface area contributed by atoms with Crippen LogP contribution in [0.4, 0.5) is 4.79 Å². The lowest BCUT2D eigenvalue weighted by Crippen LogP contribution is -2.49. The quantitative estimate of drug-likeness (QED) is 0.534. The van der Waals surface area contributed by atoms with Gasteiger partial charge in [-0.1, -0.05) is 23.7 Å². The first-order valence-electron chi connectivity index (χ1n) is 12.0. The van der Waals surface area contributed by atoms with E-state index in [1.165, 1.54) is 4.90 Å². The molecule has 2 aliphatic rings. The third-order valence-corrected chi connectivity index (χ3v) is 6.98. The predicted molar refractivity (Wildman–Crippen MR) is 130 cm³/mol. The van der Waals surface area contributed by atoms with Crippen molar-refractivity contribution >= 4 is 29.6 Å². The Balaban J connectivity index is 1.60. The molecule has 188 valence electrons. The van der Waals surface area contributed by atoms with E-state index in [1.807, 2.05) is 45.0 Å². The summed E-state index contributed by atoms with van der Waals surface area (Å²) in [5, 5.41) is 16.3. The van der Waals surface area contributed by atoms with E-state index in [1.54, 1.807) is 0 Å². The van der Waals surface area contributed by atoms with Crippen LogP contribution in [0.5, 0.6) is 0 Å². The first kappa shape index (κ1) is 26.3. The number of aliphatic carboxylic acids is 1. The van der Waals surface area contributed by atoms with Crippen LogP contribution in [0.3, 0.4) is 0 Å². The molecule has 1 aliphatic carbocycles. The molecule has 2 amide bonds. The largest absolute Gasteiger partial charge is 0.480 e. The highest BCUT2D eigenvalue weighted by Gasteiger charge is 2.38. The van der Waals surface area contributed by atoms with Crippen molar-refractivity contribution in [2.75, 3.05) is 19.6 Å². The van der Waals surface area contributed by atoms with Gasteiger partial charge < -0.3 is 25.4 Å². The second-order valence-corrected chi connectivity index (χ2v) is 10.8. The van der Waals surface area contributed by atoms with Crippen molar-refractivity contribution in [1.82, 2.24) is 15.5 Å². The molecule has 8 nitrogen and oxygen atoms in total. The molecule has 1 aromatic carbocycles. The van der Waals surface area contributed by atoms with Crippen LogP contribution in [0.1, 0.15) is 64.9 Å². The molecule has 2 fully saturated rings. The Morgan fingerprint density at radius 1 is 1.21 bits per heavy atom. The van der Waals surface area contributed by atoms with E-state index in [0.29, 0.717) is 24.5 Å². The molecule has 3 rings (SSSR count). The fraction of sp³-hybridized carbons (Fsp3) is 0.640. The third-order valence-electron chi connectivity index (χ3n) is 6.75. The summed E-state index contributed by atoms with van der Waals surface area (Å²) in [5.74, 6) is -1.10. The maximum Gasteiger partial charge on any atom is 0.407 e. The van der Waals surface area contributed by atoms with Crippen molar-refractivity contribution in [1.29, 1.82) is 0 Å². The average Bonchev–Trinajstić information content (AvgIpc) is 3.26. The number of carbonyl (C=O) groups is 3. The smallest absolute Gasteiger partial charge is 0.407 e. The summed E-state index contributed by atoms with van der Waals surface area (Å²) < 4.78 is 5.42. The van der Waals surface area contributed by atoms with Crippen molar-refractivity contribution in [2.24, 2.45) is 0 Å². The molecule has 0 spiro atoms. The molecule has 34 heavy (non-hydrogen) atoms. The molecule has 1 atom stereocenters. The van der Waals surface area contributed by atoms with Crippen LogP contribution in [-0.2, 0) is 19.7 Å². The average molecular weight is 494 g/mol. The summed E-state index contributed by atoms with van der Waals surface area (Å²) in [6.07, 6.45) is 4.03. The van der Waals surface area contributed by atoms with Gasteiger partial charge in [-0.3, -0.25) is 4.79 Å². The lowest BCUT2D eigenvalue weighted by atomic mass is 9.68. The fourth-order valence-electron chi connectivity index (χ4n) is 4.97. The van der Waals surface area contributed by atoms with Crippen LogP contribution in [0, 0.1) is 0 Å². The normalized spacial score (nSPS) is 25.1. The third kappa shape index (κ3) is 6.85. The standard InChI is InChI=1S/C25H36ClN3O5/c1-24(2,3)34-23(33)28-16-25(17-6-4-7-18(26)14-17)11-9-19(10-12-25)27-15-21(30)29-13-5-8-20(29)22(31)32/h4,6-7,14,19-20,27H,5,8-13,15-16H2,1-3H3,(H,28,33)(H,31,32)/t19-,20-,25+/m0/s1. The number of carbonyl (C=O) groups excluding carboxylic acids is 2. The second-order valence-electron chi connectivity index (χ2n) is 10.4. The number of nitrogens with one attached hydrogen (secondary N) is 2. The zero-order chi connectivity index (χ0) is 24.9. The van der Waals surface area contributed by atoms with Gasteiger partial charge in [-0.2, -0.15) is 0 Å². The fourth-order valence-corrected chi connectivity index (χ4v) is 5.16. The lowest BCUT2D eigenvalue weighted by Gasteiger charge is -2.41. The van der Waals surface area contributed by atoms with Crippen LogP contribution in [0.25, 0.3) is 0 Å². The number of hydrogen-bond acceptors (Lipinski definition) is 5. The maximum atomic E-state index is 12.6. The zero-order valence-corrected chi connectivity index (χ0v) is 21.0. The van der Waals surface area contributed by atoms with Gasteiger partial charge in [0.15, 0.2) is 0 Å². The number of amides is 2. The van der Waals surface area contributed by atoms with Crippen LogP contribution in [0.15, 0.2) is 24.3 Å². The summed E-state index contributed by atoms with van der Waals surface area (Å²) in [6, 6.07) is 7.18. The maximum absolute atomic E-state index is 12.6. The molecule has 1 aromatic rings. The molecule has 0 radical (unpaired) electrons. The van der Waals surface area contributed by atoms with E-state index in [2.05, 4.69) is 10.6 Å². The van der Waals surface area contributed by atoms with Gasteiger partial charge in [0, 0.05) is 29.6 Å². The summed E-state index contributed by atoms with van der Waals surface area (Å²) >= 11 is 6.28. The van der Waals surface area contributed by atoms with Gasteiger partial charge in [-0.05, 0) is 77.0 Å². The predicted octanol–water partition coefficient (Wildman–Crippen LogP) is 3.71. The number of hydrogen-bond donors (Lipinski definition) is 3. The number of likely N-dealkylation sites (tertiary alicyclic amines) is 1. The van der Waals surface area contributed by atoms with Gasteiger partial charge in [-0.25, -0.2) is 9.59 Å². The molecular weight excluding hydrogens is 458 g/mol. The summed E-state index contributed by atoms with van der Waals surface area (Å²) in [4.78, 5) is 37.8. The number of carboxylic acids is 1. The first-order valence-corrected chi connectivity index (χ1v) is 12.4. The SMILES string of the molecule is CC(C)(C)OC(=O)NC[C@]1(c2cccc(Cl)c2)CC[C@@H](NCC(=O)N2CCC[C@H]2C(=O)O)CC1. The highest BCUT2D eigenvalue weighted by atomic mass is 35.5. The van der Waals surface area contributed by atoms with Crippen LogP contribution in [0.2, 0.25) is 5.02 Å². The van der Waals surface area contributed by atoms with E-state index in [4.69, 9.17) is 16.3 Å². The van der Waals surface area contributed by atoms with E-state index in [0.717, 1.165) is 37.7 Å². The molecule has 1 saturated heterocycles. The second kappa shape index (κ2) is 11.0. The van der Waals surface area contributed by atoms with Crippen LogP contribution in [-0.4, -0.2) is 65.3 Å². The number of carboxylic acid groups (broad SMARTS) is 1. The molecule has 0 aromatic heterocycles. The summed E-state index contributed by atoms with van der Waals surface area (Å²) in [6.45, 7) is 6.56. The minimum absolute atomic E-state index is 0.134. The Morgan fingerprint density at radius 2 is 1.91 bits per heavy atom. The molecule has 1 aliphatic heterocycles. The Labute approximate surface area is 206 Å². The molecule has 1 saturated carbocycles. The van der Waals surface area contributed by atoms with E-state index in [-0.39, 0.29) is 23.9 Å². The van der Waals surface area contributed by atoms with Crippen LogP contribution < -0.4 is 10.6 Å². The number of nitrogens with zero attached hydrogens (tertiary/aromatic N) is 1. The van der Waals surface area contributed by atoms with Crippen molar-refractivity contribution in [3.63, 3.8) is 0 Å². The molecule has 9 heteroatoms. The molecule has 3 N–H and O–H groups in total. The molecule has 0 bridgehead atoms. The van der Waals surface area contributed by atoms with Crippen LogP contribution >= 0.6 is 11.6 Å². The van der Waals surface area contributed by atoms with Gasteiger partial charge in [0.1, 0.15) is 11.6 Å². The molecular formula is C25H36ClN3O5. The highest BCUT2D eigenvalue weighted by Crippen LogP contribution is 2.40. The van der Waals surface area contributed by atoms with Crippen molar-refractivity contribution < 1.29 is 24.2 Å². The van der Waals surface area contributed by atoms with Gasteiger partial charge >= 0.3 is 12.1 Å². The lowest BCUT2D eigenvalue weighted by molar-refractivity contribution is -0.147.